The Hall–Kier alpha value is -3.15. The van der Waals surface area contributed by atoms with Crippen LogP contribution in [0.4, 0.5) is 15.0 Å². The van der Waals surface area contributed by atoms with Crippen LogP contribution in [0.15, 0.2) is 24.3 Å². The Morgan fingerprint density at radius 3 is 2.65 bits per heavy atom. The van der Waals surface area contributed by atoms with E-state index in [0.717, 1.165) is 6.42 Å². The predicted octanol–water partition coefficient (Wildman–Crippen LogP) is 4.28. The van der Waals surface area contributed by atoms with Crippen LogP contribution in [-0.4, -0.2) is 113 Å². The number of carbonyl (C=O) groups excluding carboxylic acids is 2. The number of fused-ring (bicyclic) bond motifs is 2. The summed E-state index contributed by atoms with van der Waals surface area (Å²) in [5.41, 5.74) is -0.451. The van der Waals surface area contributed by atoms with Crippen molar-refractivity contribution in [3.63, 3.8) is 0 Å². The summed E-state index contributed by atoms with van der Waals surface area (Å²) in [5.74, 6) is -0.248. The van der Waals surface area contributed by atoms with Crippen molar-refractivity contribution in [3.8, 4) is 17.0 Å². The molecule has 10 nitrogen and oxygen atoms in total. The lowest BCUT2D eigenvalue weighted by molar-refractivity contribution is 0.000952. The number of ether oxygens (including phenoxy) is 2. The highest BCUT2D eigenvalue weighted by atomic mass is 35.5. The molecule has 234 valence electrons. The summed E-state index contributed by atoms with van der Waals surface area (Å²) in [5, 5.41) is 9.62. The third-order valence-electron chi connectivity index (χ3n) is 8.42. The molecule has 2 fully saturated rings. The molecule has 43 heavy (non-hydrogen) atoms. The second-order valence-corrected chi connectivity index (χ2v) is 13.5. The van der Waals surface area contributed by atoms with Crippen molar-refractivity contribution in [3.05, 3.63) is 40.7 Å². The Bertz CT molecular complexity index is 1400. The van der Waals surface area contributed by atoms with Gasteiger partial charge in [-0.25, -0.2) is 14.2 Å². The number of pyridine rings is 1. The van der Waals surface area contributed by atoms with E-state index in [1.807, 2.05) is 27.8 Å². The van der Waals surface area contributed by atoms with E-state index < -0.39 is 29.1 Å². The third kappa shape index (κ3) is 6.12. The molecule has 0 saturated carbocycles. The van der Waals surface area contributed by atoms with Crippen LogP contribution in [0.5, 0.6) is 5.75 Å². The van der Waals surface area contributed by atoms with Crippen LogP contribution in [0, 0.1) is 5.82 Å². The number of nitrogens with zero attached hydrogens (tertiary/aromatic N) is 5. The lowest BCUT2D eigenvalue weighted by atomic mass is 9.98. The number of aliphatic hydroxyl groups excluding tert-OH is 1. The molecule has 2 amide bonds. The number of halogens is 2. The molecule has 1 aromatic carbocycles. The first kappa shape index (κ1) is 31.3. The third-order valence-corrected chi connectivity index (χ3v) is 8.78. The SMILES string of the molecule is CN(CCO)C1CN(c2nc(-c3ccccc3F)c(Cl)c3c2C(=O)N2CCN(C(=O)OC(C)(C)C)C[C@@H]2CO3)C(C)(C)C1. The zero-order valence-corrected chi connectivity index (χ0v) is 26.4. The highest BCUT2D eigenvalue weighted by molar-refractivity contribution is 6.35. The van der Waals surface area contributed by atoms with Gasteiger partial charge in [0, 0.05) is 49.9 Å². The van der Waals surface area contributed by atoms with Gasteiger partial charge in [0.1, 0.15) is 34.4 Å². The van der Waals surface area contributed by atoms with Gasteiger partial charge in [0.2, 0.25) is 0 Å². The van der Waals surface area contributed by atoms with E-state index in [1.54, 1.807) is 28.0 Å². The van der Waals surface area contributed by atoms with E-state index in [9.17, 15) is 14.7 Å². The summed E-state index contributed by atoms with van der Waals surface area (Å²) in [4.78, 5) is 39.7. The maximum atomic E-state index is 15.1. The smallest absolute Gasteiger partial charge is 0.410 e. The Labute approximate surface area is 257 Å². The molecule has 0 spiro atoms. The zero-order valence-electron chi connectivity index (χ0n) is 25.7. The average molecular weight is 618 g/mol. The van der Waals surface area contributed by atoms with Gasteiger partial charge in [0.15, 0.2) is 5.75 Å². The van der Waals surface area contributed by atoms with Crippen LogP contribution in [0.1, 0.15) is 51.4 Å². The Balaban J connectivity index is 1.59. The van der Waals surface area contributed by atoms with Crippen LogP contribution in [-0.2, 0) is 4.74 Å². The molecule has 4 heterocycles. The number of amides is 2. The second-order valence-electron chi connectivity index (χ2n) is 13.2. The quantitative estimate of drug-likeness (QED) is 0.531. The molecule has 3 aliphatic rings. The fourth-order valence-corrected chi connectivity index (χ4v) is 6.48. The van der Waals surface area contributed by atoms with Gasteiger partial charge in [0.25, 0.3) is 5.91 Å². The second kappa shape index (κ2) is 11.7. The fourth-order valence-electron chi connectivity index (χ4n) is 6.18. The minimum Gasteiger partial charge on any atom is -0.489 e. The number of hydrogen-bond acceptors (Lipinski definition) is 8. The molecule has 0 aliphatic carbocycles. The molecule has 5 rings (SSSR count). The number of hydrogen-bond donors (Lipinski definition) is 1. The van der Waals surface area contributed by atoms with Gasteiger partial charge in [-0.2, -0.15) is 0 Å². The molecule has 1 unspecified atom stereocenters. The maximum absolute atomic E-state index is 15.1. The van der Waals surface area contributed by atoms with Crippen LogP contribution in [0.25, 0.3) is 11.3 Å². The highest BCUT2D eigenvalue weighted by Gasteiger charge is 2.46. The molecule has 12 heteroatoms. The summed E-state index contributed by atoms with van der Waals surface area (Å²) in [7, 11) is 1.96. The van der Waals surface area contributed by atoms with E-state index in [0.29, 0.717) is 25.5 Å². The number of rotatable bonds is 5. The molecule has 2 saturated heterocycles. The van der Waals surface area contributed by atoms with E-state index in [-0.39, 0.29) is 65.8 Å². The van der Waals surface area contributed by atoms with Crippen molar-refractivity contribution in [1.82, 2.24) is 19.7 Å². The van der Waals surface area contributed by atoms with Crippen molar-refractivity contribution in [2.45, 2.75) is 64.3 Å². The number of benzene rings is 1. The first-order valence-electron chi connectivity index (χ1n) is 14.7. The largest absolute Gasteiger partial charge is 0.489 e. The van der Waals surface area contributed by atoms with E-state index in [1.165, 1.54) is 6.07 Å². The van der Waals surface area contributed by atoms with Gasteiger partial charge >= 0.3 is 6.09 Å². The minimum absolute atomic E-state index is 0.0302. The van der Waals surface area contributed by atoms with Gasteiger partial charge in [-0.15, -0.1) is 0 Å². The fraction of sp³-hybridized carbons (Fsp3) is 0.581. The summed E-state index contributed by atoms with van der Waals surface area (Å²) < 4.78 is 27.0. The Morgan fingerprint density at radius 2 is 1.98 bits per heavy atom. The normalized spacial score (nSPS) is 21.8. The number of piperazine rings is 1. The molecule has 1 aromatic heterocycles. The van der Waals surface area contributed by atoms with Crippen LogP contribution < -0.4 is 9.64 Å². The van der Waals surface area contributed by atoms with Gasteiger partial charge in [0.05, 0.1) is 18.3 Å². The van der Waals surface area contributed by atoms with Gasteiger partial charge in [-0.3, -0.25) is 9.69 Å². The molecular formula is C31H41ClFN5O5. The van der Waals surface area contributed by atoms with E-state index in [4.69, 9.17) is 26.1 Å². The van der Waals surface area contributed by atoms with Gasteiger partial charge in [-0.05, 0) is 60.2 Å². The van der Waals surface area contributed by atoms with Crippen molar-refractivity contribution >= 4 is 29.4 Å². The number of anilines is 1. The molecule has 2 atom stereocenters. The van der Waals surface area contributed by atoms with Crippen molar-refractivity contribution < 1.29 is 28.6 Å². The Kier molecular flexibility index (Phi) is 8.54. The summed E-state index contributed by atoms with van der Waals surface area (Å²) in [6.07, 6.45) is 0.310. The monoisotopic (exact) mass is 617 g/mol. The zero-order chi connectivity index (χ0) is 31.3. The minimum atomic E-state index is -0.650. The summed E-state index contributed by atoms with van der Waals surface area (Å²) in [6.45, 7) is 11.6. The molecule has 0 bridgehead atoms. The molecule has 3 aliphatic heterocycles. The van der Waals surface area contributed by atoms with Crippen molar-refractivity contribution in [2.75, 3.05) is 57.9 Å². The average Bonchev–Trinajstić information content (AvgIpc) is 3.17. The lowest BCUT2D eigenvalue weighted by Crippen LogP contribution is -2.58. The van der Waals surface area contributed by atoms with E-state index >= 15 is 4.39 Å². The first-order chi connectivity index (χ1) is 20.2. The Morgan fingerprint density at radius 1 is 1.26 bits per heavy atom. The van der Waals surface area contributed by atoms with Crippen molar-refractivity contribution in [2.24, 2.45) is 0 Å². The standard InChI is InChI=1S/C31H41ClFN5O5/c1-30(2,3)43-29(41)36-11-12-37-20(16-36)18-42-26-23(28(37)40)27(34-25(24(26)32)21-9-7-8-10-22(21)33)38-17-19(15-31(38,4)5)35(6)13-14-39/h7-10,19-20,39H,11-18H2,1-6H3/t19?,20-/m1/s1. The van der Waals surface area contributed by atoms with Gasteiger partial charge in [-0.1, -0.05) is 23.7 Å². The highest BCUT2D eigenvalue weighted by Crippen LogP contribution is 2.47. The van der Waals surface area contributed by atoms with Crippen LogP contribution >= 0.6 is 11.6 Å². The van der Waals surface area contributed by atoms with Crippen LogP contribution in [0.3, 0.4) is 0 Å². The number of carbonyl (C=O) groups is 2. The topological polar surface area (TPSA) is 98.7 Å². The molecule has 2 aromatic rings. The predicted molar refractivity (Wildman–Crippen MR) is 162 cm³/mol. The summed E-state index contributed by atoms with van der Waals surface area (Å²) in [6, 6.07) is 5.88. The molecule has 1 N–H and O–H groups in total. The summed E-state index contributed by atoms with van der Waals surface area (Å²) >= 11 is 6.93. The van der Waals surface area contributed by atoms with Crippen molar-refractivity contribution in [1.29, 1.82) is 0 Å². The number of likely N-dealkylation sites (N-methyl/N-ethyl adjacent to an activating group) is 1. The number of aromatic nitrogens is 1. The molecular weight excluding hydrogens is 577 g/mol. The lowest BCUT2D eigenvalue weighted by Gasteiger charge is -2.40. The maximum Gasteiger partial charge on any atom is 0.410 e. The van der Waals surface area contributed by atoms with E-state index in [2.05, 4.69) is 23.6 Å². The molecule has 0 radical (unpaired) electrons. The van der Waals surface area contributed by atoms with Crippen LogP contribution in [0.2, 0.25) is 5.02 Å². The number of aliphatic hydroxyl groups is 1. The van der Waals surface area contributed by atoms with Gasteiger partial charge < -0.3 is 29.3 Å². The first-order valence-corrected chi connectivity index (χ1v) is 15.1.